The summed E-state index contributed by atoms with van der Waals surface area (Å²) in [5.41, 5.74) is -1.13. The van der Waals surface area contributed by atoms with Crippen LogP contribution in [0.5, 0.6) is 0 Å². The molecule has 0 radical (unpaired) electrons. The van der Waals surface area contributed by atoms with E-state index in [1.54, 1.807) is 6.92 Å². The number of unbranched alkanes of at least 4 members (excludes halogenated alkanes) is 3. The predicted octanol–water partition coefficient (Wildman–Crippen LogP) is 2.52. The molecule has 0 fully saturated rings. The quantitative estimate of drug-likeness (QED) is 0.449. The van der Waals surface area contributed by atoms with Crippen molar-refractivity contribution in [3.05, 3.63) is 0 Å². The van der Waals surface area contributed by atoms with Crippen LogP contribution in [0.25, 0.3) is 0 Å². The molecule has 0 aliphatic rings. The van der Waals surface area contributed by atoms with Crippen LogP contribution in [0.1, 0.15) is 59.3 Å². The maximum Gasteiger partial charge on any atom is 0.316 e. The lowest BCUT2D eigenvalue weighted by atomic mass is 9.87. The first kappa shape index (κ1) is 18.4. The SMILES string of the molecule is CCC(CO)(CO)C(=O)OCCCCCCC(C)C. The Kier molecular flexibility index (Phi) is 9.88. The molecule has 0 unspecified atom stereocenters. The van der Waals surface area contributed by atoms with Crippen LogP contribution in [0.3, 0.4) is 0 Å². The third-order valence-corrected chi connectivity index (χ3v) is 3.62. The Bertz CT molecular complexity index is 226. The Hall–Kier alpha value is -0.610. The van der Waals surface area contributed by atoms with Gasteiger partial charge in [-0.05, 0) is 18.8 Å². The van der Waals surface area contributed by atoms with Crippen LogP contribution in [0.4, 0.5) is 0 Å². The van der Waals surface area contributed by atoms with Crippen LogP contribution >= 0.6 is 0 Å². The van der Waals surface area contributed by atoms with E-state index >= 15 is 0 Å². The second-order valence-electron chi connectivity index (χ2n) is 5.68. The van der Waals surface area contributed by atoms with Crippen LogP contribution in [0, 0.1) is 11.3 Å². The number of carbonyl (C=O) groups excluding carboxylic acids is 1. The summed E-state index contributed by atoms with van der Waals surface area (Å²) in [6.07, 6.45) is 5.91. The zero-order valence-corrected chi connectivity index (χ0v) is 12.7. The number of hydrogen-bond acceptors (Lipinski definition) is 4. The maximum atomic E-state index is 11.8. The van der Waals surface area contributed by atoms with Gasteiger partial charge < -0.3 is 14.9 Å². The third-order valence-electron chi connectivity index (χ3n) is 3.62. The summed E-state index contributed by atoms with van der Waals surface area (Å²) in [6, 6.07) is 0. The van der Waals surface area contributed by atoms with Crippen molar-refractivity contribution in [2.24, 2.45) is 11.3 Å². The van der Waals surface area contributed by atoms with Crippen molar-refractivity contribution >= 4 is 5.97 Å². The van der Waals surface area contributed by atoms with Gasteiger partial charge in [-0.25, -0.2) is 0 Å². The van der Waals surface area contributed by atoms with Crippen molar-refractivity contribution in [3.8, 4) is 0 Å². The molecule has 19 heavy (non-hydrogen) atoms. The van der Waals surface area contributed by atoms with E-state index in [-0.39, 0.29) is 13.2 Å². The summed E-state index contributed by atoms with van der Waals surface area (Å²) < 4.78 is 5.15. The average molecular weight is 274 g/mol. The Balaban J connectivity index is 3.74. The van der Waals surface area contributed by atoms with Gasteiger partial charge in [0.15, 0.2) is 0 Å². The topological polar surface area (TPSA) is 66.8 Å². The van der Waals surface area contributed by atoms with E-state index in [9.17, 15) is 15.0 Å². The Labute approximate surface area is 117 Å². The van der Waals surface area contributed by atoms with Crippen LogP contribution in [-0.2, 0) is 9.53 Å². The molecule has 0 rings (SSSR count). The number of carbonyl (C=O) groups is 1. The first-order valence-corrected chi connectivity index (χ1v) is 7.41. The Morgan fingerprint density at radius 1 is 1.11 bits per heavy atom. The normalized spacial score (nSPS) is 11.9. The molecule has 0 amide bonds. The van der Waals surface area contributed by atoms with Gasteiger partial charge in [-0.3, -0.25) is 4.79 Å². The molecule has 0 aliphatic carbocycles. The van der Waals surface area contributed by atoms with Crippen LogP contribution in [0.15, 0.2) is 0 Å². The minimum atomic E-state index is -1.13. The molecule has 4 nitrogen and oxygen atoms in total. The molecular formula is C15H30O4. The molecule has 0 aromatic heterocycles. The van der Waals surface area contributed by atoms with Crippen LogP contribution in [-0.4, -0.2) is 36.0 Å². The van der Waals surface area contributed by atoms with Gasteiger partial charge in [0.2, 0.25) is 0 Å². The summed E-state index contributed by atoms with van der Waals surface area (Å²) in [6.45, 7) is 5.84. The summed E-state index contributed by atoms with van der Waals surface area (Å²) in [7, 11) is 0. The molecule has 0 saturated carbocycles. The van der Waals surface area contributed by atoms with Gasteiger partial charge >= 0.3 is 5.97 Å². The molecule has 0 aromatic carbocycles. The van der Waals surface area contributed by atoms with E-state index in [0.29, 0.717) is 13.0 Å². The first-order valence-electron chi connectivity index (χ1n) is 7.41. The number of esters is 1. The smallest absolute Gasteiger partial charge is 0.316 e. The first-order chi connectivity index (χ1) is 9.02. The molecule has 2 N–H and O–H groups in total. The largest absolute Gasteiger partial charge is 0.465 e. The molecule has 0 spiro atoms. The molecule has 0 bridgehead atoms. The van der Waals surface area contributed by atoms with Gasteiger partial charge in [0.1, 0.15) is 5.41 Å². The third kappa shape index (κ3) is 6.92. The molecule has 0 aliphatic heterocycles. The molecule has 0 saturated heterocycles. The highest BCUT2D eigenvalue weighted by Gasteiger charge is 2.37. The molecule has 0 heterocycles. The van der Waals surface area contributed by atoms with E-state index in [4.69, 9.17) is 4.74 Å². The van der Waals surface area contributed by atoms with E-state index in [0.717, 1.165) is 25.2 Å². The lowest BCUT2D eigenvalue weighted by Crippen LogP contribution is -2.39. The van der Waals surface area contributed by atoms with Gasteiger partial charge in [0, 0.05) is 0 Å². The fourth-order valence-electron chi connectivity index (χ4n) is 1.87. The van der Waals surface area contributed by atoms with Crippen molar-refractivity contribution in [2.45, 2.75) is 59.3 Å². The van der Waals surface area contributed by atoms with Crippen molar-refractivity contribution in [1.82, 2.24) is 0 Å². The Morgan fingerprint density at radius 3 is 2.16 bits per heavy atom. The summed E-state index contributed by atoms with van der Waals surface area (Å²) >= 11 is 0. The second-order valence-corrected chi connectivity index (χ2v) is 5.68. The van der Waals surface area contributed by atoms with E-state index in [1.807, 2.05) is 0 Å². The fraction of sp³-hybridized carbons (Fsp3) is 0.933. The predicted molar refractivity (Wildman–Crippen MR) is 75.8 cm³/mol. The van der Waals surface area contributed by atoms with Crippen molar-refractivity contribution < 1.29 is 19.7 Å². The van der Waals surface area contributed by atoms with Gasteiger partial charge in [-0.15, -0.1) is 0 Å². The lowest BCUT2D eigenvalue weighted by Gasteiger charge is -2.25. The standard InChI is InChI=1S/C15H30O4/c1-4-15(11-16,12-17)14(18)19-10-8-6-5-7-9-13(2)3/h13,16-17H,4-12H2,1-3H3. The zero-order chi connectivity index (χ0) is 14.7. The van der Waals surface area contributed by atoms with Crippen molar-refractivity contribution in [3.63, 3.8) is 0 Å². The molecule has 0 aromatic rings. The molecule has 4 heteroatoms. The van der Waals surface area contributed by atoms with Gasteiger partial charge in [-0.2, -0.15) is 0 Å². The number of aliphatic hydroxyl groups is 2. The van der Waals surface area contributed by atoms with Gasteiger partial charge in [0.25, 0.3) is 0 Å². The van der Waals surface area contributed by atoms with Crippen LogP contribution < -0.4 is 0 Å². The maximum absolute atomic E-state index is 11.8. The van der Waals surface area contributed by atoms with E-state index in [2.05, 4.69) is 13.8 Å². The van der Waals surface area contributed by atoms with Crippen molar-refractivity contribution in [1.29, 1.82) is 0 Å². The number of ether oxygens (including phenoxy) is 1. The molecular weight excluding hydrogens is 244 g/mol. The summed E-state index contributed by atoms with van der Waals surface area (Å²) in [4.78, 5) is 11.8. The summed E-state index contributed by atoms with van der Waals surface area (Å²) in [5.74, 6) is 0.263. The lowest BCUT2D eigenvalue weighted by molar-refractivity contribution is -0.162. The van der Waals surface area contributed by atoms with E-state index < -0.39 is 11.4 Å². The van der Waals surface area contributed by atoms with E-state index in [1.165, 1.54) is 12.8 Å². The number of aliphatic hydroxyl groups excluding tert-OH is 2. The Morgan fingerprint density at radius 2 is 1.68 bits per heavy atom. The zero-order valence-electron chi connectivity index (χ0n) is 12.7. The summed E-state index contributed by atoms with van der Waals surface area (Å²) in [5, 5.41) is 18.4. The van der Waals surface area contributed by atoms with Gasteiger partial charge in [0.05, 0.1) is 19.8 Å². The van der Waals surface area contributed by atoms with Crippen molar-refractivity contribution in [2.75, 3.05) is 19.8 Å². The van der Waals surface area contributed by atoms with Gasteiger partial charge in [-0.1, -0.05) is 46.5 Å². The fourth-order valence-corrected chi connectivity index (χ4v) is 1.87. The molecule has 114 valence electrons. The number of rotatable bonds is 11. The highest BCUT2D eigenvalue weighted by Crippen LogP contribution is 2.22. The number of hydrogen-bond donors (Lipinski definition) is 2. The van der Waals surface area contributed by atoms with Crippen LogP contribution in [0.2, 0.25) is 0 Å². The minimum absolute atomic E-state index is 0.368. The minimum Gasteiger partial charge on any atom is -0.465 e. The average Bonchev–Trinajstić information content (AvgIpc) is 2.40. The molecule has 0 atom stereocenters. The second kappa shape index (κ2) is 10.2. The monoisotopic (exact) mass is 274 g/mol. The highest BCUT2D eigenvalue weighted by molar-refractivity contribution is 5.77. The highest BCUT2D eigenvalue weighted by atomic mass is 16.5.